The number of carboxylic acids is 1. The summed E-state index contributed by atoms with van der Waals surface area (Å²) < 4.78 is 10.7. The number of rotatable bonds is 6. The standard InChI is InChI=1S/C15H17NO4/c1-3-19-13(15(17)18)9-20-12-6-4-5-11-8-7-10(2)16-14(11)12/h4-8,13H,3,9H2,1-2H3,(H,17,18). The molecule has 5 nitrogen and oxygen atoms in total. The first kappa shape index (κ1) is 14.3. The summed E-state index contributed by atoms with van der Waals surface area (Å²) in [5.41, 5.74) is 1.61. The number of nitrogens with zero attached hydrogens (tertiary/aromatic N) is 1. The molecule has 1 unspecified atom stereocenters. The molecule has 0 amide bonds. The Balaban J connectivity index is 2.21. The van der Waals surface area contributed by atoms with Crippen molar-refractivity contribution in [3.63, 3.8) is 0 Å². The Labute approximate surface area is 117 Å². The number of ether oxygens (including phenoxy) is 2. The molecule has 5 heteroatoms. The Kier molecular flexibility index (Phi) is 4.53. The highest BCUT2D eigenvalue weighted by Gasteiger charge is 2.18. The van der Waals surface area contributed by atoms with Crippen molar-refractivity contribution in [2.45, 2.75) is 20.0 Å². The highest BCUT2D eigenvalue weighted by molar-refractivity contribution is 5.84. The van der Waals surface area contributed by atoms with Gasteiger partial charge in [-0.25, -0.2) is 9.78 Å². The van der Waals surface area contributed by atoms with Crippen molar-refractivity contribution in [1.29, 1.82) is 0 Å². The third-order valence-corrected chi connectivity index (χ3v) is 2.86. The van der Waals surface area contributed by atoms with Gasteiger partial charge in [0, 0.05) is 17.7 Å². The summed E-state index contributed by atoms with van der Waals surface area (Å²) in [5, 5.41) is 9.97. The van der Waals surface area contributed by atoms with Gasteiger partial charge < -0.3 is 14.6 Å². The number of carbonyl (C=O) groups is 1. The van der Waals surface area contributed by atoms with Gasteiger partial charge in [0.15, 0.2) is 6.10 Å². The van der Waals surface area contributed by atoms with Crippen molar-refractivity contribution in [2.24, 2.45) is 0 Å². The molecule has 1 heterocycles. The molecule has 1 N–H and O–H groups in total. The second-order valence-corrected chi connectivity index (χ2v) is 4.37. The molecule has 0 bridgehead atoms. The van der Waals surface area contributed by atoms with E-state index in [0.717, 1.165) is 16.6 Å². The Morgan fingerprint density at radius 1 is 1.35 bits per heavy atom. The van der Waals surface area contributed by atoms with Crippen molar-refractivity contribution in [2.75, 3.05) is 13.2 Å². The molecule has 1 aromatic carbocycles. The van der Waals surface area contributed by atoms with E-state index < -0.39 is 12.1 Å². The van der Waals surface area contributed by atoms with Gasteiger partial charge in [0.1, 0.15) is 17.9 Å². The van der Waals surface area contributed by atoms with Crippen LogP contribution < -0.4 is 4.74 Å². The number of pyridine rings is 1. The SMILES string of the molecule is CCOC(COc1cccc2ccc(C)nc12)C(=O)O. The van der Waals surface area contributed by atoms with Crippen LogP contribution in [0.25, 0.3) is 10.9 Å². The van der Waals surface area contributed by atoms with E-state index in [1.807, 2.05) is 31.2 Å². The van der Waals surface area contributed by atoms with Crippen LogP contribution in [-0.4, -0.2) is 35.4 Å². The summed E-state index contributed by atoms with van der Waals surface area (Å²) in [4.78, 5) is 15.4. The zero-order valence-corrected chi connectivity index (χ0v) is 11.5. The van der Waals surface area contributed by atoms with Crippen LogP contribution in [-0.2, 0) is 9.53 Å². The van der Waals surface area contributed by atoms with Crippen molar-refractivity contribution in [3.8, 4) is 5.75 Å². The maximum Gasteiger partial charge on any atom is 0.336 e. The van der Waals surface area contributed by atoms with E-state index in [0.29, 0.717) is 12.4 Å². The normalized spacial score (nSPS) is 12.3. The molecule has 0 aliphatic carbocycles. The minimum absolute atomic E-state index is 0.0437. The van der Waals surface area contributed by atoms with Gasteiger partial charge in [0.25, 0.3) is 0 Å². The average molecular weight is 275 g/mol. The van der Waals surface area contributed by atoms with Gasteiger partial charge in [0.2, 0.25) is 0 Å². The number of fused-ring (bicyclic) bond motifs is 1. The number of aryl methyl sites for hydroxylation is 1. The molecule has 0 spiro atoms. The van der Waals surface area contributed by atoms with E-state index in [4.69, 9.17) is 14.6 Å². The zero-order chi connectivity index (χ0) is 14.5. The molecule has 0 saturated heterocycles. The molecule has 2 rings (SSSR count). The average Bonchev–Trinajstić information content (AvgIpc) is 2.43. The summed E-state index contributed by atoms with van der Waals surface area (Å²) in [7, 11) is 0. The molecule has 1 aromatic heterocycles. The van der Waals surface area contributed by atoms with Crippen molar-refractivity contribution < 1.29 is 19.4 Å². The summed E-state index contributed by atoms with van der Waals surface area (Å²) in [5.74, 6) is -0.464. The number of aliphatic carboxylic acids is 1. The van der Waals surface area contributed by atoms with E-state index in [-0.39, 0.29) is 6.61 Å². The first-order valence-electron chi connectivity index (χ1n) is 6.45. The van der Waals surface area contributed by atoms with Gasteiger partial charge in [-0.15, -0.1) is 0 Å². The maximum atomic E-state index is 11.0. The van der Waals surface area contributed by atoms with Crippen LogP contribution in [0.15, 0.2) is 30.3 Å². The van der Waals surface area contributed by atoms with Crippen molar-refractivity contribution >= 4 is 16.9 Å². The first-order valence-corrected chi connectivity index (χ1v) is 6.45. The highest BCUT2D eigenvalue weighted by atomic mass is 16.5. The highest BCUT2D eigenvalue weighted by Crippen LogP contribution is 2.24. The second kappa shape index (κ2) is 6.34. The fourth-order valence-corrected chi connectivity index (χ4v) is 1.89. The molecule has 0 aliphatic heterocycles. The second-order valence-electron chi connectivity index (χ2n) is 4.37. The van der Waals surface area contributed by atoms with Gasteiger partial charge >= 0.3 is 5.97 Å². The summed E-state index contributed by atoms with van der Waals surface area (Å²) in [6, 6.07) is 9.45. The number of benzene rings is 1. The maximum absolute atomic E-state index is 11.0. The molecule has 0 fully saturated rings. The third kappa shape index (κ3) is 3.24. The van der Waals surface area contributed by atoms with Gasteiger partial charge in [-0.05, 0) is 26.0 Å². The Bertz CT molecular complexity index is 612. The fraction of sp³-hybridized carbons (Fsp3) is 0.333. The monoisotopic (exact) mass is 275 g/mol. The van der Waals surface area contributed by atoms with Crippen molar-refractivity contribution in [3.05, 3.63) is 36.0 Å². The van der Waals surface area contributed by atoms with Gasteiger partial charge in [0.05, 0.1) is 0 Å². The van der Waals surface area contributed by atoms with E-state index in [1.54, 1.807) is 13.0 Å². The van der Waals surface area contributed by atoms with Crippen LogP contribution in [0.5, 0.6) is 5.75 Å². The number of carboxylic acid groups (broad SMARTS) is 1. The lowest BCUT2D eigenvalue weighted by Crippen LogP contribution is -2.30. The van der Waals surface area contributed by atoms with E-state index in [2.05, 4.69) is 4.98 Å². The topological polar surface area (TPSA) is 68.7 Å². The van der Waals surface area contributed by atoms with Crippen LogP contribution >= 0.6 is 0 Å². The van der Waals surface area contributed by atoms with E-state index in [1.165, 1.54) is 0 Å². The van der Waals surface area contributed by atoms with E-state index >= 15 is 0 Å². The predicted molar refractivity (Wildman–Crippen MR) is 75.0 cm³/mol. The van der Waals surface area contributed by atoms with Gasteiger partial charge in [-0.1, -0.05) is 18.2 Å². The molecule has 20 heavy (non-hydrogen) atoms. The van der Waals surface area contributed by atoms with Crippen LogP contribution in [0, 0.1) is 6.92 Å². The van der Waals surface area contributed by atoms with E-state index in [9.17, 15) is 4.79 Å². The molecule has 1 atom stereocenters. The predicted octanol–water partition coefficient (Wildman–Crippen LogP) is 2.41. The Hall–Kier alpha value is -2.14. The first-order chi connectivity index (χ1) is 9.61. The quantitative estimate of drug-likeness (QED) is 0.876. The van der Waals surface area contributed by atoms with Crippen molar-refractivity contribution in [1.82, 2.24) is 4.98 Å². The molecule has 0 saturated carbocycles. The third-order valence-electron chi connectivity index (χ3n) is 2.86. The van der Waals surface area contributed by atoms with Crippen LogP contribution in [0.3, 0.4) is 0 Å². The zero-order valence-electron chi connectivity index (χ0n) is 11.5. The lowest BCUT2D eigenvalue weighted by atomic mass is 10.2. The molecule has 0 aliphatic rings. The smallest absolute Gasteiger partial charge is 0.336 e. The molecule has 0 radical (unpaired) electrons. The molecule has 2 aromatic rings. The summed E-state index contributed by atoms with van der Waals surface area (Å²) in [6.07, 6.45) is -0.972. The van der Waals surface area contributed by atoms with Gasteiger partial charge in [-0.2, -0.15) is 0 Å². The Morgan fingerprint density at radius 3 is 2.85 bits per heavy atom. The summed E-state index contributed by atoms with van der Waals surface area (Å²) in [6.45, 7) is 3.93. The largest absolute Gasteiger partial charge is 0.488 e. The van der Waals surface area contributed by atoms with Crippen LogP contribution in [0.4, 0.5) is 0 Å². The molecular weight excluding hydrogens is 258 g/mol. The number of para-hydroxylation sites is 1. The molecular formula is C15H17NO4. The number of hydrogen-bond donors (Lipinski definition) is 1. The minimum Gasteiger partial charge on any atom is -0.488 e. The van der Waals surface area contributed by atoms with Gasteiger partial charge in [-0.3, -0.25) is 0 Å². The minimum atomic E-state index is -1.03. The lowest BCUT2D eigenvalue weighted by Gasteiger charge is -2.14. The van der Waals surface area contributed by atoms with Crippen LogP contribution in [0.1, 0.15) is 12.6 Å². The number of hydrogen-bond acceptors (Lipinski definition) is 4. The Morgan fingerprint density at radius 2 is 2.15 bits per heavy atom. The fourth-order valence-electron chi connectivity index (χ4n) is 1.89. The molecule has 106 valence electrons. The number of aromatic nitrogens is 1. The summed E-state index contributed by atoms with van der Waals surface area (Å²) >= 11 is 0. The van der Waals surface area contributed by atoms with Crippen LogP contribution in [0.2, 0.25) is 0 Å². The lowest BCUT2D eigenvalue weighted by molar-refractivity contribution is -0.151.